The van der Waals surface area contributed by atoms with Crippen molar-refractivity contribution in [1.82, 2.24) is 10.6 Å². The first-order valence-electron chi connectivity index (χ1n) is 12.0. The van der Waals surface area contributed by atoms with Gasteiger partial charge in [0, 0.05) is 12.5 Å². The van der Waals surface area contributed by atoms with Crippen LogP contribution in [0.15, 0.2) is 72.8 Å². The Balaban J connectivity index is 1.87. The van der Waals surface area contributed by atoms with E-state index in [9.17, 15) is 35.9 Å². The molecule has 0 unspecified atom stereocenters. The quantitative estimate of drug-likeness (QED) is 0.244. The van der Waals surface area contributed by atoms with Crippen LogP contribution >= 0.6 is 0 Å². The van der Waals surface area contributed by atoms with Crippen LogP contribution in [0.2, 0.25) is 0 Å². The molecule has 40 heavy (non-hydrogen) atoms. The molecule has 0 radical (unpaired) electrons. The van der Waals surface area contributed by atoms with Gasteiger partial charge in [-0.3, -0.25) is 0 Å². The van der Waals surface area contributed by atoms with Gasteiger partial charge in [0.15, 0.2) is 0 Å². The number of hydrogen-bond donors (Lipinski definition) is 2. The lowest BCUT2D eigenvalue weighted by atomic mass is 9.77. The Morgan fingerprint density at radius 2 is 1.57 bits per heavy atom. The van der Waals surface area contributed by atoms with E-state index in [1.54, 1.807) is 30.3 Å². The van der Waals surface area contributed by atoms with Gasteiger partial charge in [-0.2, -0.15) is 17.6 Å². The number of esters is 1. The van der Waals surface area contributed by atoms with E-state index < -0.39 is 53.0 Å². The summed E-state index contributed by atoms with van der Waals surface area (Å²) >= 11 is 0. The molecule has 0 aromatic heterocycles. The average molecular weight is 566 g/mol. The zero-order valence-corrected chi connectivity index (χ0v) is 21.0. The van der Waals surface area contributed by atoms with Crippen LogP contribution in [0.1, 0.15) is 29.5 Å². The molecule has 4 rings (SSSR count). The highest BCUT2D eigenvalue weighted by Gasteiger charge is 2.53. The third-order valence-electron chi connectivity index (χ3n) is 6.53. The van der Waals surface area contributed by atoms with Crippen molar-refractivity contribution in [3.8, 4) is 5.75 Å². The van der Waals surface area contributed by atoms with Crippen molar-refractivity contribution in [3.05, 3.63) is 101 Å². The van der Waals surface area contributed by atoms with Gasteiger partial charge in [-0.15, -0.1) is 0 Å². The Morgan fingerprint density at radius 1 is 0.925 bits per heavy atom. The van der Waals surface area contributed by atoms with Gasteiger partial charge < -0.3 is 20.1 Å². The van der Waals surface area contributed by atoms with Gasteiger partial charge >= 0.3 is 24.5 Å². The number of carbonyl (C=O) groups is 2. The first kappa shape index (κ1) is 28.8. The molecule has 1 atom stereocenters. The number of halogens is 6. The fraction of sp³-hybridized carbons (Fsp3) is 0.286. The third-order valence-corrected chi connectivity index (χ3v) is 6.53. The number of benzene rings is 3. The average Bonchev–Trinajstić information content (AvgIpc) is 3.68. The first-order valence-corrected chi connectivity index (χ1v) is 12.0. The molecule has 0 heterocycles. The second-order valence-electron chi connectivity index (χ2n) is 9.37. The van der Waals surface area contributed by atoms with E-state index in [0.29, 0.717) is 11.6 Å². The third kappa shape index (κ3) is 6.16. The highest BCUT2D eigenvalue weighted by atomic mass is 19.3. The zero-order valence-electron chi connectivity index (χ0n) is 21.0. The number of carbonyl (C=O) groups excluding carboxylic acids is 2. The maximum Gasteiger partial charge on any atom is 0.461 e. The lowest BCUT2D eigenvalue weighted by molar-refractivity contribution is -0.253. The van der Waals surface area contributed by atoms with Crippen LogP contribution in [-0.4, -0.2) is 37.2 Å². The number of ether oxygens (including phenoxy) is 2. The van der Waals surface area contributed by atoms with Crippen LogP contribution < -0.4 is 15.4 Å². The van der Waals surface area contributed by atoms with Crippen LogP contribution in [0, 0.1) is 11.6 Å². The smallest absolute Gasteiger partial charge is 0.461 e. The van der Waals surface area contributed by atoms with Gasteiger partial charge in [-0.25, -0.2) is 18.4 Å². The summed E-state index contributed by atoms with van der Waals surface area (Å²) < 4.78 is 90.9. The summed E-state index contributed by atoms with van der Waals surface area (Å²) in [6, 6.07) is 14.6. The molecular formula is C28H24F6N2O4. The highest BCUT2D eigenvalue weighted by Crippen LogP contribution is 2.39. The second kappa shape index (κ2) is 11.1. The minimum Gasteiger partial charge on any atom is -0.467 e. The van der Waals surface area contributed by atoms with Crippen LogP contribution in [0.5, 0.6) is 5.75 Å². The summed E-state index contributed by atoms with van der Waals surface area (Å²) in [5.41, 5.74) is -2.51. The van der Waals surface area contributed by atoms with E-state index in [1.807, 2.05) is 0 Å². The molecule has 1 fully saturated rings. The molecule has 2 N–H and O–H groups in total. The number of rotatable bonds is 10. The van der Waals surface area contributed by atoms with Gasteiger partial charge in [-0.1, -0.05) is 42.5 Å². The molecule has 212 valence electrons. The van der Waals surface area contributed by atoms with E-state index >= 15 is 0 Å². The minimum atomic E-state index is -4.94. The Bertz CT molecular complexity index is 1370. The van der Waals surface area contributed by atoms with Crippen molar-refractivity contribution >= 4 is 12.0 Å². The molecule has 12 heteroatoms. The van der Waals surface area contributed by atoms with Crippen LogP contribution in [0.25, 0.3) is 0 Å². The fourth-order valence-electron chi connectivity index (χ4n) is 4.41. The number of alkyl halides is 4. The summed E-state index contributed by atoms with van der Waals surface area (Å²) in [7, 11) is 1.16. The Kier molecular flexibility index (Phi) is 7.99. The SMILES string of the molecule is COC(=O)C1(NC(=O)N[C@](Cc2ccccc2)(c2ccc(F)cc2)c2cc(F)cc(OC(F)(F)C(F)F)c2)CC1. The lowest BCUT2D eigenvalue weighted by Gasteiger charge is -2.37. The largest absolute Gasteiger partial charge is 0.467 e. The maximum atomic E-state index is 14.9. The molecule has 2 amide bonds. The van der Waals surface area contributed by atoms with Crippen molar-refractivity contribution in [3.63, 3.8) is 0 Å². The van der Waals surface area contributed by atoms with Crippen LogP contribution in [0.3, 0.4) is 0 Å². The Morgan fingerprint density at radius 3 is 2.15 bits per heavy atom. The summed E-state index contributed by atoms with van der Waals surface area (Å²) in [6.45, 7) is 0. The molecule has 1 aliphatic carbocycles. The van der Waals surface area contributed by atoms with Crippen molar-refractivity contribution in [1.29, 1.82) is 0 Å². The molecule has 3 aromatic carbocycles. The van der Waals surface area contributed by atoms with Gasteiger partial charge in [-0.05, 0) is 53.8 Å². The zero-order chi connectivity index (χ0) is 29.1. The molecule has 1 saturated carbocycles. The van der Waals surface area contributed by atoms with Crippen LogP contribution in [0.4, 0.5) is 31.1 Å². The van der Waals surface area contributed by atoms with Gasteiger partial charge in [0.1, 0.15) is 22.9 Å². The van der Waals surface area contributed by atoms with Gasteiger partial charge in [0.25, 0.3) is 0 Å². The predicted octanol–water partition coefficient (Wildman–Crippen LogP) is 5.69. The fourth-order valence-corrected chi connectivity index (χ4v) is 4.41. The first-order chi connectivity index (χ1) is 18.9. The molecule has 6 nitrogen and oxygen atoms in total. The normalized spacial score (nSPS) is 15.6. The number of nitrogens with one attached hydrogen (secondary N) is 2. The summed E-state index contributed by atoms with van der Waals surface area (Å²) in [5.74, 6) is -3.39. The molecule has 0 aliphatic heterocycles. The summed E-state index contributed by atoms with van der Waals surface area (Å²) in [5, 5.41) is 5.26. The number of amides is 2. The van der Waals surface area contributed by atoms with Crippen molar-refractivity contribution in [2.24, 2.45) is 0 Å². The van der Waals surface area contributed by atoms with Crippen molar-refractivity contribution in [2.75, 3.05) is 7.11 Å². The highest BCUT2D eigenvalue weighted by molar-refractivity contribution is 5.90. The monoisotopic (exact) mass is 566 g/mol. The van der Waals surface area contributed by atoms with Crippen LogP contribution in [-0.2, 0) is 21.5 Å². The predicted molar refractivity (Wildman–Crippen MR) is 131 cm³/mol. The summed E-state index contributed by atoms with van der Waals surface area (Å²) in [4.78, 5) is 25.6. The lowest BCUT2D eigenvalue weighted by Crippen LogP contribution is -2.56. The molecule has 1 aliphatic rings. The Labute approximate surface area is 225 Å². The van der Waals surface area contributed by atoms with Gasteiger partial charge in [0.2, 0.25) is 0 Å². The molecule has 0 spiro atoms. The minimum absolute atomic E-state index is 0.133. The van der Waals surface area contributed by atoms with Gasteiger partial charge in [0.05, 0.1) is 12.6 Å². The standard InChI is InChI=1S/C28H24F6N2O4/c1-39-24(37)26(11-12-26)35-25(38)36-27(16-17-5-3-2-4-6-17,18-7-9-20(29)10-8-18)19-13-21(30)15-22(14-19)40-28(33,34)23(31)32/h2-10,13-15,23H,11-12,16H2,1H3,(H2,35,36,38)/t27-/m1/s1. The number of methoxy groups -OCH3 is 1. The molecule has 0 bridgehead atoms. The van der Waals surface area contributed by atoms with E-state index in [0.717, 1.165) is 31.4 Å². The molecular weight excluding hydrogens is 542 g/mol. The summed E-state index contributed by atoms with van der Waals surface area (Å²) in [6.07, 6.45) is -8.70. The molecule has 3 aromatic rings. The van der Waals surface area contributed by atoms with E-state index in [2.05, 4.69) is 15.4 Å². The molecule has 0 saturated heterocycles. The second-order valence-corrected chi connectivity index (χ2v) is 9.37. The van der Waals surface area contributed by atoms with E-state index in [4.69, 9.17) is 4.74 Å². The van der Waals surface area contributed by atoms with Crippen molar-refractivity contribution in [2.45, 2.75) is 42.9 Å². The van der Waals surface area contributed by atoms with E-state index in [-0.39, 0.29) is 30.4 Å². The Hall–Kier alpha value is -4.22. The number of urea groups is 1. The van der Waals surface area contributed by atoms with Crippen molar-refractivity contribution < 1.29 is 45.4 Å². The van der Waals surface area contributed by atoms with E-state index in [1.165, 1.54) is 12.1 Å². The topological polar surface area (TPSA) is 76.7 Å². The maximum absolute atomic E-state index is 14.9. The number of hydrogen-bond acceptors (Lipinski definition) is 4.